The molecule has 78 valence electrons. The lowest BCUT2D eigenvalue weighted by atomic mass is 10.2. The molecular formula is C12H12INS. The molecule has 0 saturated heterocycles. The standard InChI is InChI=1S/C12H12INS/c13-11-3-1-2-4-12(11)14-7-5-10-6-8-15-9-10/h1-4,6,8-9,14H,5,7H2. The van der Waals surface area contributed by atoms with Gasteiger partial charge in [-0.1, -0.05) is 12.1 Å². The Kier molecular flexibility index (Phi) is 4.02. The molecule has 0 amide bonds. The van der Waals surface area contributed by atoms with E-state index in [2.05, 4.69) is 69.0 Å². The Labute approximate surface area is 108 Å². The second-order valence-corrected chi connectivity index (χ2v) is 5.23. The number of thiophene rings is 1. The van der Waals surface area contributed by atoms with Crippen LogP contribution in [-0.4, -0.2) is 6.54 Å². The van der Waals surface area contributed by atoms with Crippen LogP contribution in [0.4, 0.5) is 5.69 Å². The molecule has 0 bridgehead atoms. The summed E-state index contributed by atoms with van der Waals surface area (Å²) in [6.07, 6.45) is 1.09. The third-order valence-electron chi connectivity index (χ3n) is 2.18. The van der Waals surface area contributed by atoms with Gasteiger partial charge in [0.2, 0.25) is 0 Å². The number of benzene rings is 1. The Morgan fingerprint density at radius 3 is 2.80 bits per heavy atom. The van der Waals surface area contributed by atoms with Crippen molar-refractivity contribution in [1.29, 1.82) is 0 Å². The molecule has 2 aromatic rings. The lowest BCUT2D eigenvalue weighted by molar-refractivity contribution is 1.03. The van der Waals surface area contributed by atoms with Gasteiger partial charge in [-0.15, -0.1) is 0 Å². The number of rotatable bonds is 4. The molecule has 1 aromatic heterocycles. The topological polar surface area (TPSA) is 12.0 Å². The van der Waals surface area contributed by atoms with Gasteiger partial charge in [0.15, 0.2) is 0 Å². The minimum absolute atomic E-state index is 0.997. The van der Waals surface area contributed by atoms with Crippen molar-refractivity contribution in [2.75, 3.05) is 11.9 Å². The minimum atomic E-state index is 0.997. The SMILES string of the molecule is Ic1ccccc1NCCc1ccsc1. The van der Waals surface area contributed by atoms with Gasteiger partial charge >= 0.3 is 0 Å². The molecule has 0 aliphatic heterocycles. The molecule has 0 radical (unpaired) electrons. The maximum Gasteiger partial charge on any atom is 0.0475 e. The van der Waals surface area contributed by atoms with Crippen molar-refractivity contribution in [1.82, 2.24) is 0 Å². The monoisotopic (exact) mass is 329 g/mol. The van der Waals surface area contributed by atoms with Crippen molar-refractivity contribution in [3.8, 4) is 0 Å². The molecule has 1 heterocycles. The molecule has 0 unspecified atom stereocenters. The molecule has 15 heavy (non-hydrogen) atoms. The number of hydrogen-bond donors (Lipinski definition) is 1. The molecule has 1 N–H and O–H groups in total. The van der Waals surface area contributed by atoms with Crippen LogP contribution < -0.4 is 5.32 Å². The van der Waals surface area contributed by atoms with Gasteiger partial charge in [-0.2, -0.15) is 11.3 Å². The van der Waals surface area contributed by atoms with E-state index in [0.29, 0.717) is 0 Å². The average molecular weight is 329 g/mol. The maximum absolute atomic E-state index is 3.45. The lowest BCUT2D eigenvalue weighted by Gasteiger charge is -2.07. The first kappa shape index (κ1) is 11.0. The average Bonchev–Trinajstić information content (AvgIpc) is 2.74. The van der Waals surface area contributed by atoms with Crippen LogP contribution in [0.1, 0.15) is 5.56 Å². The van der Waals surface area contributed by atoms with Crippen LogP contribution in [0.25, 0.3) is 0 Å². The van der Waals surface area contributed by atoms with E-state index >= 15 is 0 Å². The largest absolute Gasteiger partial charge is 0.384 e. The van der Waals surface area contributed by atoms with Crippen molar-refractivity contribution in [3.05, 3.63) is 50.2 Å². The highest BCUT2D eigenvalue weighted by Gasteiger charge is 1.97. The highest BCUT2D eigenvalue weighted by atomic mass is 127. The molecule has 0 spiro atoms. The van der Waals surface area contributed by atoms with Gasteiger partial charge in [0.1, 0.15) is 0 Å². The molecular weight excluding hydrogens is 317 g/mol. The van der Waals surface area contributed by atoms with E-state index in [-0.39, 0.29) is 0 Å². The van der Waals surface area contributed by atoms with Gasteiger partial charge in [-0.3, -0.25) is 0 Å². The second-order valence-electron chi connectivity index (χ2n) is 3.29. The van der Waals surface area contributed by atoms with E-state index in [1.54, 1.807) is 11.3 Å². The lowest BCUT2D eigenvalue weighted by Crippen LogP contribution is -2.05. The number of nitrogens with one attached hydrogen (secondary N) is 1. The summed E-state index contributed by atoms with van der Waals surface area (Å²) in [7, 11) is 0. The van der Waals surface area contributed by atoms with E-state index in [0.717, 1.165) is 13.0 Å². The molecule has 0 aliphatic rings. The minimum Gasteiger partial charge on any atom is -0.384 e. The van der Waals surface area contributed by atoms with E-state index in [1.165, 1.54) is 14.8 Å². The third kappa shape index (κ3) is 3.21. The fourth-order valence-electron chi connectivity index (χ4n) is 1.38. The van der Waals surface area contributed by atoms with Gasteiger partial charge in [-0.25, -0.2) is 0 Å². The quantitative estimate of drug-likeness (QED) is 0.836. The van der Waals surface area contributed by atoms with E-state index in [1.807, 2.05) is 0 Å². The summed E-state index contributed by atoms with van der Waals surface area (Å²) < 4.78 is 1.28. The van der Waals surface area contributed by atoms with Gasteiger partial charge in [0.25, 0.3) is 0 Å². The Morgan fingerprint density at radius 2 is 2.07 bits per heavy atom. The summed E-state index contributed by atoms with van der Waals surface area (Å²) in [5.74, 6) is 0. The Morgan fingerprint density at radius 1 is 1.20 bits per heavy atom. The molecule has 1 aromatic carbocycles. The summed E-state index contributed by atoms with van der Waals surface area (Å²) in [6.45, 7) is 0.997. The van der Waals surface area contributed by atoms with Crippen molar-refractivity contribution >= 4 is 39.6 Å². The zero-order valence-corrected chi connectivity index (χ0v) is 11.2. The first-order valence-corrected chi connectivity index (χ1v) is 6.88. The highest BCUT2D eigenvalue weighted by Crippen LogP contribution is 2.17. The van der Waals surface area contributed by atoms with Crippen molar-refractivity contribution < 1.29 is 0 Å². The zero-order valence-electron chi connectivity index (χ0n) is 8.24. The smallest absolute Gasteiger partial charge is 0.0475 e. The summed E-state index contributed by atoms with van der Waals surface area (Å²) >= 11 is 4.11. The van der Waals surface area contributed by atoms with Crippen molar-refractivity contribution in [2.45, 2.75) is 6.42 Å². The van der Waals surface area contributed by atoms with E-state index in [4.69, 9.17) is 0 Å². The molecule has 1 nitrogen and oxygen atoms in total. The van der Waals surface area contributed by atoms with Crippen LogP contribution >= 0.6 is 33.9 Å². The van der Waals surface area contributed by atoms with Gasteiger partial charge < -0.3 is 5.32 Å². The van der Waals surface area contributed by atoms with Crippen molar-refractivity contribution in [3.63, 3.8) is 0 Å². The molecule has 0 atom stereocenters. The van der Waals surface area contributed by atoms with Crippen LogP contribution in [0.2, 0.25) is 0 Å². The Hall–Kier alpha value is -0.550. The second kappa shape index (κ2) is 5.51. The number of anilines is 1. The van der Waals surface area contributed by atoms with Crippen LogP contribution in [0.15, 0.2) is 41.1 Å². The molecule has 3 heteroatoms. The fraction of sp³-hybridized carbons (Fsp3) is 0.167. The van der Waals surface area contributed by atoms with Crippen LogP contribution in [0.3, 0.4) is 0 Å². The highest BCUT2D eigenvalue weighted by molar-refractivity contribution is 14.1. The molecule has 0 aliphatic carbocycles. The maximum atomic E-state index is 3.45. The van der Waals surface area contributed by atoms with E-state index < -0.39 is 0 Å². The van der Waals surface area contributed by atoms with E-state index in [9.17, 15) is 0 Å². The summed E-state index contributed by atoms with van der Waals surface area (Å²) in [4.78, 5) is 0. The summed E-state index contributed by atoms with van der Waals surface area (Å²) in [5, 5.41) is 7.78. The predicted octanol–water partition coefficient (Wildman–Crippen LogP) is 4.01. The number of halogens is 1. The summed E-state index contributed by atoms with van der Waals surface area (Å²) in [5.41, 5.74) is 2.65. The third-order valence-corrected chi connectivity index (χ3v) is 3.86. The molecule has 0 saturated carbocycles. The first-order chi connectivity index (χ1) is 7.36. The Bertz CT molecular complexity index is 411. The van der Waals surface area contributed by atoms with Gasteiger partial charge in [0.05, 0.1) is 0 Å². The van der Waals surface area contributed by atoms with Crippen molar-refractivity contribution in [2.24, 2.45) is 0 Å². The van der Waals surface area contributed by atoms with Crippen LogP contribution in [0.5, 0.6) is 0 Å². The number of hydrogen-bond acceptors (Lipinski definition) is 2. The predicted molar refractivity (Wildman–Crippen MR) is 75.7 cm³/mol. The normalized spacial score (nSPS) is 10.2. The zero-order chi connectivity index (χ0) is 10.5. The van der Waals surface area contributed by atoms with Crippen LogP contribution in [0, 0.1) is 3.57 Å². The first-order valence-electron chi connectivity index (χ1n) is 4.86. The molecule has 0 fully saturated rings. The van der Waals surface area contributed by atoms with Gasteiger partial charge in [-0.05, 0) is 63.5 Å². The molecule has 2 rings (SSSR count). The summed E-state index contributed by atoms with van der Waals surface area (Å²) in [6, 6.07) is 10.5. The van der Waals surface area contributed by atoms with Crippen LogP contribution in [-0.2, 0) is 6.42 Å². The van der Waals surface area contributed by atoms with Gasteiger partial charge in [0, 0.05) is 15.8 Å². The Balaban J connectivity index is 1.86. The number of para-hydroxylation sites is 1. The fourth-order valence-corrected chi connectivity index (χ4v) is 2.66.